The third-order valence-electron chi connectivity index (χ3n) is 3.82. The molecule has 0 bridgehead atoms. The van der Waals surface area contributed by atoms with Gasteiger partial charge in [-0.15, -0.1) is 0 Å². The molecule has 1 heterocycles. The number of nitrogens with one attached hydrogen (secondary N) is 2. The molecule has 0 saturated carbocycles. The van der Waals surface area contributed by atoms with E-state index in [0.29, 0.717) is 5.56 Å². The van der Waals surface area contributed by atoms with Crippen molar-refractivity contribution in [3.8, 4) is 11.3 Å². The monoisotopic (exact) mass is 432 g/mol. The number of hydrogen-bond acceptors (Lipinski definition) is 4. The molecule has 0 unspecified atom stereocenters. The molecule has 0 aliphatic carbocycles. The summed E-state index contributed by atoms with van der Waals surface area (Å²) in [6.07, 6.45) is 4.00. The van der Waals surface area contributed by atoms with Crippen LogP contribution in [-0.4, -0.2) is 24.8 Å². The number of halogens is 1. The van der Waals surface area contributed by atoms with Crippen molar-refractivity contribution >= 4 is 32.2 Å². The first-order chi connectivity index (χ1) is 12.5. The summed E-state index contributed by atoms with van der Waals surface area (Å²) in [4.78, 5) is 2.35. The van der Waals surface area contributed by atoms with Crippen LogP contribution in [0, 0.1) is 0 Å². The van der Waals surface area contributed by atoms with Gasteiger partial charge in [-0.25, -0.2) is 4.83 Å². The molecular formula is C18H17BrN4O2S. The van der Waals surface area contributed by atoms with Gasteiger partial charge in [0.25, 0.3) is 10.0 Å². The van der Waals surface area contributed by atoms with Gasteiger partial charge in [0.05, 0.1) is 23.0 Å². The first kappa shape index (κ1) is 18.3. The van der Waals surface area contributed by atoms with Crippen molar-refractivity contribution < 1.29 is 8.42 Å². The van der Waals surface area contributed by atoms with Crippen molar-refractivity contribution in [2.24, 2.45) is 5.10 Å². The number of nitrogens with zero attached hydrogens (tertiary/aromatic N) is 2. The first-order valence-electron chi connectivity index (χ1n) is 7.92. The minimum absolute atomic E-state index is 0.139. The van der Waals surface area contributed by atoms with Gasteiger partial charge in [-0.2, -0.15) is 18.6 Å². The normalized spacial score (nSPS) is 11.8. The number of hydrazone groups is 1. The van der Waals surface area contributed by atoms with Gasteiger partial charge in [-0.05, 0) is 36.2 Å². The van der Waals surface area contributed by atoms with E-state index >= 15 is 0 Å². The van der Waals surface area contributed by atoms with E-state index in [1.807, 2.05) is 24.3 Å². The molecule has 26 heavy (non-hydrogen) atoms. The van der Waals surface area contributed by atoms with Gasteiger partial charge in [0.15, 0.2) is 0 Å². The van der Waals surface area contributed by atoms with Gasteiger partial charge in [0, 0.05) is 15.6 Å². The topological polar surface area (TPSA) is 87.2 Å². The fourth-order valence-electron chi connectivity index (χ4n) is 2.36. The SMILES string of the molecule is CCc1ccc(-c2[nH]ncc2/C=N/NS(=O)(=O)c2ccc(Br)cc2)cc1. The molecule has 0 saturated heterocycles. The molecule has 2 aromatic carbocycles. The quantitative estimate of drug-likeness (QED) is 0.459. The zero-order valence-corrected chi connectivity index (χ0v) is 16.4. The van der Waals surface area contributed by atoms with Crippen LogP contribution in [0.3, 0.4) is 0 Å². The van der Waals surface area contributed by atoms with Gasteiger partial charge in [-0.1, -0.05) is 47.1 Å². The summed E-state index contributed by atoms with van der Waals surface area (Å²) in [6, 6.07) is 14.4. The van der Waals surface area contributed by atoms with Crippen LogP contribution in [0.2, 0.25) is 0 Å². The van der Waals surface area contributed by atoms with Crippen LogP contribution in [0.4, 0.5) is 0 Å². The number of rotatable bonds is 6. The van der Waals surface area contributed by atoms with Gasteiger partial charge < -0.3 is 0 Å². The number of aromatic nitrogens is 2. The molecule has 0 amide bonds. The number of sulfonamides is 1. The fourth-order valence-corrected chi connectivity index (χ4v) is 3.42. The summed E-state index contributed by atoms with van der Waals surface area (Å²) < 4.78 is 25.3. The molecular weight excluding hydrogens is 416 g/mol. The molecule has 2 N–H and O–H groups in total. The summed E-state index contributed by atoms with van der Waals surface area (Å²) in [7, 11) is -3.72. The summed E-state index contributed by atoms with van der Waals surface area (Å²) in [6.45, 7) is 2.10. The summed E-state index contributed by atoms with van der Waals surface area (Å²) in [5.41, 5.74) is 3.66. The summed E-state index contributed by atoms with van der Waals surface area (Å²) in [5, 5.41) is 10.8. The second-order valence-corrected chi connectivity index (χ2v) is 8.13. The Morgan fingerprint density at radius 1 is 1.15 bits per heavy atom. The van der Waals surface area contributed by atoms with Gasteiger partial charge in [-0.3, -0.25) is 5.10 Å². The van der Waals surface area contributed by atoms with Crippen LogP contribution in [0.5, 0.6) is 0 Å². The second kappa shape index (κ2) is 7.84. The van der Waals surface area contributed by atoms with E-state index < -0.39 is 10.0 Å². The number of benzene rings is 2. The van der Waals surface area contributed by atoms with Crippen molar-refractivity contribution in [2.45, 2.75) is 18.2 Å². The number of hydrogen-bond donors (Lipinski definition) is 2. The molecule has 0 fully saturated rings. The van der Waals surface area contributed by atoms with E-state index in [9.17, 15) is 8.42 Å². The van der Waals surface area contributed by atoms with Crippen molar-refractivity contribution in [1.29, 1.82) is 0 Å². The molecule has 3 rings (SSSR count). The van der Waals surface area contributed by atoms with E-state index in [1.54, 1.807) is 18.3 Å². The van der Waals surface area contributed by atoms with E-state index in [1.165, 1.54) is 23.9 Å². The van der Waals surface area contributed by atoms with E-state index in [2.05, 4.69) is 43.0 Å². The molecule has 134 valence electrons. The Morgan fingerprint density at radius 2 is 1.85 bits per heavy atom. The van der Waals surface area contributed by atoms with Gasteiger partial charge >= 0.3 is 0 Å². The highest BCUT2D eigenvalue weighted by Gasteiger charge is 2.12. The third kappa shape index (κ3) is 4.20. The number of aromatic amines is 1. The van der Waals surface area contributed by atoms with Gasteiger partial charge in [0.2, 0.25) is 0 Å². The maximum absolute atomic E-state index is 12.2. The molecule has 6 nitrogen and oxygen atoms in total. The van der Waals surface area contributed by atoms with Crippen LogP contribution < -0.4 is 4.83 Å². The zero-order chi connectivity index (χ0) is 18.6. The summed E-state index contributed by atoms with van der Waals surface area (Å²) >= 11 is 3.27. The van der Waals surface area contributed by atoms with Crippen LogP contribution >= 0.6 is 15.9 Å². The molecule has 0 radical (unpaired) electrons. The van der Waals surface area contributed by atoms with E-state index in [4.69, 9.17) is 0 Å². The average molecular weight is 433 g/mol. The number of aryl methyl sites for hydroxylation is 1. The fraction of sp³-hybridized carbons (Fsp3) is 0.111. The Labute approximate surface area is 160 Å². The van der Waals surface area contributed by atoms with E-state index in [-0.39, 0.29) is 4.90 Å². The van der Waals surface area contributed by atoms with E-state index in [0.717, 1.165) is 22.2 Å². The molecule has 3 aromatic rings. The Bertz CT molecular complexity index is 1010. The average Bonchev–Trinajstić information content (AvgIpc) is 3.10. The Balaban J connectivity index is 1.77. The third-order valence-corrected chi connectivity index (χ3v) is 5.59. The lowest BCUT2D eigenvalue weighted by molar-refractivity contribution is 0.584. The minimum Gasteiger partial charge on any atom is -0.277 e. The number of H-pyrrole nitrogens is 1. The molecule has 0 spiro atoms. The van der Waals surface area contributed by atoms with Crippen molar-refractivity contribution in [3.05, 3.63) is 70.3 Å². The minimum atomic E-state index is -3.72. The van der Waals surface area contributed by atoms with Crippen molar-refractivity contribution in [3.63, 3.8) is 0 Å². The lowest BCUT2D eigenvalue weighted by Gasteiger charge is -2.04. The maximum Gasteiger partial charge on any atom is 0.276 e. The van der Waals surface area contributed by atoms with Gasteiger partial charge in [0.1, 0.15) is 0 Å². The lowest BCUT2D eigenvalue weighted by Crippen LogP contribution is -2.18. The maximum atomic E-state index is 12.2. The largest absolute Gasteiger partial charge is 0.277 e. The van der Waals surface area contributed by atoms with Crippen molar-refractivity contribution in [1.82, 2.24) is 15.0 Å². The highest BCUT2D eigenvalue weighted by Crippen LogP contribution is 2.20. The highest BCUT2D eigenvalue weighted by atomic mass is 79.9. The molecule has 1 aromatic heterocycles. The van der Waals surface area contributed by atoms with Crippen molar-refractivity contribution in [2.75, 3.05) is 0 Å². The van der Waals surface area contributed by atoms with Crippen LogP contribution in [0.1, 0.15) is 18.1 Å². The standard InChI is InChI=1S/C18H17BrN4O2S/c1-2-13-3-5-14(6-4-13)18-15(11-20-22-18)12-21-23-26(24,25)17-9-7-16(19)8-10-17/h3-12,23H,2H2,1H3,(H,20,22)/b21-12+. The smallest absolute Gasteiger partial charge is 0.276 e. The predicted molar refractivity (Wildman–Crippen MR) is 105 cm³/mol. The Morgan fingerprint density at radius 3 is 2.50 bits per heavy atom. The van der Waals surface area contributed by atoms with Crippen LogP contribution in [0.25, 0.3) is 11.3 Å². The Hall–Kier alpha value is -2.45. The first-order valence-corrected chi connectivity index (χ1v) is 10.2. The molecule has 0 aliphatic heterocycles. The second-order valence-electron chi connectivity index (χ2n) is 5.56. The Kier molecular flexibility index (Phi) is 5.53. The molecule has 0 atom stereocenters. The predicted octanol–water partition coefficient (Wildman–Crippen LogP) is 3.71. The van der Waals surface area contributed by atoms with Crippen LogP contribution in [-0.2, 0) is 16.4 Å². The lowest BCUT2D eigenvalue weighted by atomic mass is 10.1. The van der Waals surface area contributed by atoms with Crippen LogP contribution in [0.15, 0.2) is 69.2 Å². The highest BCUT2D eigenvalue weighted by molar-refractivity contribution is 9.10. The molecule has 0 aliphatic rings. The summed E-state index contributed by atoms with van der Waals surface area (Å²) in [5.74, 6) is 0. The molecule has 8 heteroatoms. The zero-order valence-electron chi connectivity index (χ0n) is 14.0.